The maximum Gasteiger partial charge on any atom is 0.261 e. The van der Waals surface area contributed by atoms with E-state index in [0.717, 1.165) is 6.07 Å². The van der Waals surface area contributed by atoms with Crippen molar-refractivity contribution in [1.82, 2.24) is 20.4 Å². The lowest BCUT2D eigenvalue weighted by molar-refractivity contribution is -0.138. The van der Waals surface area contributed by atoms with E-state index >= 15 is 0 Å². The number of carbonyl (C=O) groups is 4. The number of hydrogen-bond acceptors (Lipinski definition) is 5. The average Bonchev–Trinajstić information content (AvgIpc) is 3.51. The molecule has 0 saturated carbocycles. The Morgan fingerprint density at radius 2 is 2.03 bits per heavy atom. The Labute approximate surface area is 187 Å². The number of halogens is 1. The molecule has 4 unspecified atom stereocenters. The molecule has 3 saturated heterocycles. The van der Waals surface area contributed by atoms with Gasteiger partial charge in [-0.25, -0.2) is 4.39 Å². The maximum atomic E-state index is 13.6. The van der Waals surface area contributed by atoms with E-state index in [2.05, 4.69) is 10.6 Å². The van der Waals surface area contributed by atoms with Gasteiger partial charge in [0.15, 0.2) is 0 Å². The van der Waals surface area contributed by atoms with Crippen molar-refractivity contribution in [1.29, 1.82) is 0 Å². The molecule has 3 aliphatic heterocycles. The highest BCUT2D eigenvalue weighted by Gasteiger charge is 2.52. The number of nitrogens with zero attached hydrogens (tertiary/aromatic N) is 2. The summed E-state index contributed by atoms with van der Waals surface area (Å²) in [5.74, 6) is -1.82. The van der Waals surface area contributed by atoms with Crippen LogP contribution in [0.3, 0.4) is 0 Å². The summed E-state index contributed by atoms with van der Waals surface area (Å²) in [6, 6.07) is 6.43. The lowest BCUT2D eigenvalue weighted by Gasteiger charge is -2.29. The van der Waals surface area contributed by atoms with Crippen LogP contribution in [0.2, 0.25) is 0 Å². The molecule has 4 heterocycles. The second-order valence-electron chi connectivity index (χ2n) is 8.25. The van der Waals surface area contributed by atoms with Gasteiger partial charge in [-0.1, -0.05) is 12.1 Å². The van der Waals surface area contributed by atoms with E-state index in [9.17, 15) is 23.6 Å². The molecule has 8 nitrogen and oxygen atoms in total. The minimum Gasteiger partial charge on any atom is -0.349 e. The van der Waals surface area contributed by atoms with Crippen molar-refractivity contribution < 1.29 is 23.6 Å². The minimum absolute atomic E-state index is 0.160. The summed E-state index contributed by atoms with van der Waals surface area (Å²) in [5, 5.41) is 7.62. The molecule has 0 bridgehead atoms. The summed E-state index contributed by atoms with van der Waals surface area (Å²) in [5.41, 5.74) is 0.160. The highest BCUT2D eigenvalue weighted by Crippen LogP contribution is 2.30. The molecule has 0 spiro atoms. The minimum atomic E-state index is -0.855. The smallest absolute Gasteiger partial charge is 0.261 e. The fourth-order valence-electron chi connectivity index (χ4n) is 4.81. The van der Waals surface area contributed by atoms with Crippen LogP contribution >= 0.6 is 11.3 Å². The van der Waals surface area contributed by atoms with Crippen LogP contribution in [0.25, 0.3) is 0 Å². The van der Waals surface area contributed by atoms with E-state index in [1.54, 1.807) is 17.5 Å². The highest BCUT2D eigenvalue weighted by atomic mass is 32.1. The van der Waals surface area contributed by atoms with Crippen molar-refractivity contribution in [3.05, 3.63) is 58.0 Å². The second kappa shape index (κ2) is 8.01. The topological polar surface area (TPSA) is 98.8 Å². The molecule has 1 aromatic carbocycles. The lowest BCUT2D eigenvalue weighted by atomic mass is 10.1. The van der Waals surface area contributed by atoms with Crippen LogP contribution in [0.1, 0.15) is 32.9 Å². The molecule has 2 aromatic rings. The van der Waals surface area contributed by atoms with Crippen LogP contribution in [0.15, 0.2) is 41.8 Å². The molecule has 0 aliphatic carbocycles. The summed E-state index contributed by atoms with van der Waals surface area (Å²) in [7, 11) is 0. The number of amides is 4. The van der Waals surface area contributed by atoms with Crippen molar-refractivity contribution in [3.8, 4) is 0 Å². The molecule has 10 heteroatoms. The van der Waals surface area contributed by atoms with Crippen molar-refractivity contribution in [3.63, 3.8) is 0 Å². The number of thiophene rings is 1. The van der Waals surface area contributed by atoms with E-state index in [-0.39, 0.29) is 42.4 Å². The van der Waals surface area contributed by atoms with Crippen LogP contribution in [0, 0.1) is 5.82 Å². The van der Waals surface area contributed by atoms with Crippen LogP contribution in [0.4, 0.5) is 4.39 Å². The van der Waals surface area contributed by atoms with Gasteiger partial charge in [0.05, 0.1) is 10.9 Å². The summed E-state index contributed by atoms with van der Waals surface area (Å²) >= 11 is 1.32. The molecule has 2 N–H and O–H groups in total. The van der Waals surface area contributed by atoms with Crippen LogP contribution < -0.4 is 10.6 Å². The zero-order valence-electron chi connectivity index (χ0n) is 17.0. The van der Waals surface area contributed by atoms with Crippen molar-refractivity contribution in [2.75, 3.05) is 13.1 Å². The molecule has 5 rings (SSSR count). The zero-order chi connectivity index (χ0) is 22.4. The van der Waals surface area contributed by atoms with Gasteiger partial charge in [-0.15, -0.1) is 11.3 Å². The molecule has 0 radical (unpaired) electrons. The molecule has 4 amide bonds. The largest absolute Gasteiger partial charge is 0.349 e. The summed E-state index contributed by atoms with van der Waals surface area (Å²) < 4.78 is 13.6. The number of likely N-dealkylation sites (tertiary alicyclic amines) is 1. The fourth-order valence-corrected chi connectivity index (χ4v) is 5.44. The fraction of sp³-hybridized carbons (Fsp3) is 0.364. The predicted molar refractivity (Wildman–Crippen MR) is 113 cm³/mol. The molecular formula is C22H21FN4O4S. The van der Waals surface area contributed by atoms with Crippen LogP contribution in [0.5, 0.6) is 0 Å². The summed E-state index contributed by atoms with van der Waals surface area (Å²) in [6.45, 7) is 0.479. The number of nitrogens with one attached hydrogen (secondary N) is 2. The summed E-state index contributed by atoms with van der Waals surface area (Å²) in [6.07, 6.45) is 0.758. The van der Waals surface area contributed by atoms with Crippen LogP contribution in [-0.4, -0.2) is 70.7 Å². The van der Waals surface area contributed by atoms with Gasteiger partial charge in [0, 0.05) is 24.7 Å². The Balaban J connectivity index is 1.36. The van der Waals surface area contributed by atoms with Crippen LogP contribution in [-0.2, 0) is 9.59 Å². The lowest BCUT2D eigenvalue weighted by Crippen LogP contribution is -2.52. The van der Waals surface area contributed by atoms with Gasteiger partial charge in [0.2, 0.25) is 11.8 Å². The number of benzene rings is 1. The number of rotatable bonds is 3. The van der Waals surface area contributed by atoms with Gasteiger partial charge in [-0.2, -0.15) is 0 Å². The summed E-state index contributed by atoms with van der Waals surface area (Å²) in [4.78, 5) is 55.3. The molecule has 32 heavy (non-hydrogen) atoms. The van der Waals surface area contributed by atoms with Crippen molar-refractivity contribution in [2.24, 2.45) is 0 Å². The molecule has 4 atom stereocenters. The maximum absolute atomic E-state index is 13.6. The number of carbonyl (C=O) groups excluding carboxylic acids is 4. The highest BCUT2D eigenvalue weighted by molar-refractivity contribution is 7.12. The van der Waals surface area contributed by atoms with Gasteiger partial charge >= 0.3 is 0 Å². The molecule has 1 aromatic heterocycles. The quantitative estimate of drug-likeness (QED) is 0.720. The van der Waals surface area contributed by atoms with Gasteiger partial charge in [-0.05, 0) is 42.5 Å². The molecule has 3 fully saturated rings. The third-order valence-corrected chi connectivity index (χ3v) is 7.15. The standard InChI is InChI=1S/C22H21FN4O4S/c23-13-4-1-3-12(9-13)21(30)26-7-6-15-18(26)22(31)27-11-14(10-16(27)19(28)25-15)24-20(29)17-5-2-8-32-17/h1-5,8-9,14-16,18H,6-7,10-11H2,(H,24,29)(H,25,28). The normalized spacial score (nSPS) is 26.9. The Hall–Kier alpha value is -3.27. The monoisotopic (exact) mass is 456 g/mol. The van der Waals surface area contributed by atoms with Crippen molar-refractivity contribution >= 4 is 35.0 Å². The number of hydrogen-bond donors (Lipinski definition) is 2. The SMILES string of the molecule is O=C(NC1CC2C(=O)NC3CCN(C(=O)c4cccc(F)c4)C3C(=O)N2C1)c1cccs1. The van der Waals surface area contributed by atoms with Crippen molar-refractivity contribution in [2.45, 2.75) is 37.0 Å². The first-order valence-corrected chi connectivity index (χ1v) is 11.3. The number of fused-ring (bicyclic) bond motifs is 2. The van der Waals surface area contributed by atoms with E-state index in [1.165, 1.54) is 39.3 Å². The second-order valence-corrected chi connectivity index (χ2v) is 9.19. The van der Waals surface area contributed by atoms with Gasteiger partial charge in [-0.3, -0.25) is 19.2 Å². The molecular weight excluding hydrogens is 435 g/mol. The Morgan fingerprint density at radius 1 is 1.19 bits per heavy atom. The third-order valence-electron chi connectivity index (χ3n) is 6.28. The first kappa shape index (κ1) is 20.6. The predicted octanol–water partition coefficient (Wildman–Crippen LogP) is 1.000. The van der Waals surface area contributed by atoms with E-state index in [1.807, 2.05) is 0 Å². The first-order valence-electron chi connectivity index (χ1n) is 10.4. The zero-order valence-corrected chi connectivity index (χ0v) is 17.8. The van der Waals surface area contributed by atoms with Gasteiger partial charge in [0.25, 0.3) is 11.8 Å². The van der Waals surface area contributed by atoms with Gasteiger partial charge in [0.1, 0.15) is 17.9 Å². The van der Waals surface area contributed by atoms with E-state index in [4.69, 9.17) is 0 Å². The van der Waals surface area contributed by atoms with Gasteiger partial charge < -0.3 is 20.4 Å². The average molecular weight is 456 g/mol. The Morgan fingerprint density at radius 3 is 2.78 bits per heavy atom. The van der Waals surface area contributed by atoms with E-state index < -0.39 is 29.8 Å². The molecule has 166 valence electrons. The molecule has 3 aliphatic rings. The first-order chi connectivity index (χ1) is 15.4. The Bertz CT molecular complexity index is 1090. The third kappa shape index (κ3) is 3.54. The van der Waals surface area contributed by atoms with E-state index in [0.29, 0.717) is 17.7 Å². The Kier molecular flexibility index (Phi) is 5.16.